The second-order valence-electron chi connectivity index (χ2n) is 6.23. The molecule has 1 aromatic rings. The second kappa shape index (κ2) is 7.78. The molecule has 0 amide bonds. The molecular weight excluding hydrogens is 262 g/mol. The molecule has 1 aliphatic heterocycles. The lowest BCUT2D eigenvalue weighted by Crippen LogP contribution is -2.34. The van der Waals surface area contributed by atoms with Gasteiger partial charge >= 0.3 is 0 Å². The maximum atomic E-state index is 5.36. The number of hydrogen-bond donors (Lipinski definition) is 1. The number of nitrogens with zero attached hydrogens (tertiary/aromatic N) is 2. The Bertz CT molecular complexity index is 436. The number of nitrogens with one attached hydrogen (secondary N) is 1. The first-order chi connectivity index (χ1) is 10.1. The second-order valence-corrected chi connectivity index (χ2v) is 6.23. The maximum Gasteiger partial charge on any atom is 0.119 e. The van der Waals surface area contributed by atoms with Crippen LogP contribution in [0.4, 0.5) is 0 Å². The summed E-state index contributed by atoms with van der Waals surface area (Å²) in [4.78, 5) is 4.90. The molecule has 4 heteroatoms. The summed E-state index contributed by atoms with van der Waals surface area (Å²) in [5.74, 6) is 1.73. The third kappa shape index (κ3) is 4.43. The van der Waals surface area contributed by atoms with Crippen molar-refractivity contribution in [2.75, 3.05) is 54.4 Å². The summed E-state index contributed by atoms with van der Waals surface area (Å²) in [5.41, 5.74) is 1.33. The zero-order valence-corrected chi connectivity index (χ0v) is 13.8. The Balaban J connectivity index is 2.02. The van der Waals surface area contributed by atoms with E-state index < -0.39 is 0 Å². The summed E-state index contributed by atoms with van der Waals surface area (Å²) in [7, 11) is 8.09. The number of benzene rings is 1. The molecule has 1 aromatic carbocycles. The van der Waals surface area contributed by atoms with Gasteiger partial charge in [-0.3, -0.25) is 0 Å². The van der Waals surface area contributed by atoms with Crippen LogP contribution in [0, 0.1) is 5.92 Å². The minimum atomic E-state index is 0.411. The predicted molar refractivity (Wildman–Crippen MR) is 87.9 cm³/mol. The fourth-order valence-electron chi connectivity index (χ4n) is 3.19. The number of rotatable bonds is 7. The quantitative estimate of drug-likeness (QED) is 0.829. The van der Waals surface area contributed by atoms with Gasteiger partial charge in [-0.15, -0.1) is 0 Å². The van der Waals surface area contributed by atoms with Gasteiger partial charge in [-0.2, -0.15) is 0 Å². The maximum absolute atomic E-state index is 5.36. The third-order valence-corrected chi connectivity index (χ3v) is 4.40. The number of hydrogen-bond acceptors (Lipinski definition) is 4. The van der Waals surface area contributed by atoms with Crippen LogP contribution in [0.5, 0.6) is 5.75 Å². The van der Waals surface area contributed by atoms with E-state index >= 15 is 0 Å². The molecule has 0 bridgehead atoms. The lowest BCUT2D eigenvalue weighted by molar-refractivity contribution is 0.204. The Labute approximate surface area is 129 Å². The van der Waals surface area contributed by atoms with Gasteiger partial charge in [0, 0.05) is 19.1 Å². The van der Waals surface area contributed by atoms with Gasteiger partial charge in [0.1, 0.15) is 5.75 Å². The summed E-state index contributed by atoms with van der Waals surface area (Å²) in [6.45, 7) is 4.62. The molecule has 118 valence electrons. The van der Waals surface area contributed by atoms with E-state index in [1.54, 1.807) is 7.11 Å². The first kappa shape index (κ1) is 16.3. The van der Waals surface area contributed by atoms with Gasteiger partial charge in [-0.1, -0.05) is 12.1 Å². The van der Waals surface area contributed by atoms with Gasteiger partial charge < -0.3 is 19.9 Å². The molecule has 2 atom stereocenters. The largest absolute Gasteiger partial charge is 0.497 e. The zero-order valence-electron chi connectivity index (χ0n) is 13.8. The first-order valence-corrected chi connectivity index (χ1v) is 7.81. The molecular formula is C17H29N3O. The average molecular weight is 291 g/mol. The van der Waals surface area contributed by atoms with Gasteiger partial charge in [0.2, 0.25) is 0 Å². The highest BCUT2D eigenvalue weighted by Gasteiger charge is 2.25. The van der Waals surface area contributed by atoms with Crippen molar-refractivity contribution in [3.8, 4) is 5.75 Å². The molecule has 0 spiro atoms. The molecule has 0 aliphatic carbocycles. The molecule has 2 rings (SSSR count). The number of likely N-dealkylation sites (tertiary alicyclic amines) is 1. The van der Waals surface area contributed by atoms with Crippen molar-refractivity contribution in [1.82, 2.24) is 15.1 Å². The van der Waals surface area contributed by atoms with Crippen LogP contribution in [0.15, 0.2) is 24.3 Å². The van der Waals surface area contributed by atoms with Crippen molar-refractivity contribution >= 4 is 0 Å². The molecule has 0 saturated carbocycles. The highest BCUT2D eigenvalue weighted by atomic mass is 16.5. The summed E-state index contributed by atoms with van der Waals surface area (Å²) < 4.78 is 5.36. The summed E-state index contributed by atoms with van der Waals surface area (Å²) in [6, 6.07) is 8.86. The van der Waals surface area contributed by atoms with E-state index in [2.05, 4.69) is 47.4 Å². The normalized spacial score (nSPS) is 20.9. The Kier molecular flexibility index (Phi) is 6.03. The highest BCUT2D eigenvalue weighted by molar-refractivity contribution is 5.30. The zero-order chi connectivity index (χ0) is 15.2. The first-order valence-electron chi connectivity index (χ1n) is 7.81. The van der Waals surface area contributed by atoms with E-state index in [0.717, 1.165) is 24.8 Å². The van der Waals surface area contributed by atoms with E-state index in [-0.39, 0.29) is 0 Å². The Morgan fingerprint density at radius 1 is 1.43 bits per heavy atom. The van der Waals surface area contributed by atoms with Crippen molar-refractivity contribution in [3.63, 3.8) is 0 Å². The highest BCUT2D eigenvalue weighted by Crippen LogP contribution is 2.26. The molecule has 4 nitrogen and oxygen atoms in total. The monoisotopic (exact) mass is 291 g/mol. The molecule has 2 unspecified atom stereocenters. The van der Waals surface area contributed by atoms with Gasteiger partial charge in [-0.05, 0) is 64.3 Å². The molecule has 1 saturated heterocycles. The summed E-state index contributed by atoms with van der Waals surface area (Å²) in [6.07, 6.45) is 1.30. The van der Waals surface area contributed by atoms with E-state index in [4.69, 9.17) is 4.74 Å². The van der Waals surface area contributed by atoms with Crippen molar-refractivity contribution in [2.45, 2.75) is 12.5 Å². The standard InChI is InChI=1S/C17H29N3O/c1-18-11-14-8-9-20(12-14)13-17(19(2)3)15-6-5-7-16(10-15)21-4/h5-7,10,14,17-18H,8-9,11-13H2,1-4H3. The predicted octanol–water partition coefficient (Wildman–Crippen LogP) is 1.84. The Morgan fingerprint density at radius 3 is 2.90 bits per heavy atom. The van der Waals surface area contributed by atoms with Gasteiger partial charge in [0.15, 0.2) is 0 Å². The molecule has 1 fully saturated rings. The van der Waals surface area contributed by atoms with Gasteiger partial charge in [0.25, 0.3) is 0 Å². The van der Waals surface area contributed by atoms with Crippen molar-refractivity contribution in [1.29, 1.82) is 0 Å². The van der Waals surface area contributed by atoms with E-state index in [0.29, 0.717) is 6.04 Å². The molecule has 1 N–H and O–H groups in total. The fourth-order valence-corrected chi connectivity index (χ4v) is 3.19. The van der Waals surface area contributed by atoms with Crippen LogP contribution < -0.4 is 10.1 Å². The van der Waals surface area contributed by atoms with Crippen LogP contribution in [0.3, 0.4) is 0 Å². The van der Waals surface area contributed by atoms with Crippen LogP contribution in [-0.4, -0.2) is 64.2 Å². The fraction of sp³-hybridized carbons (Fsp3) is 0.647. The Hall–Kier alpha value is -1.10. The molecule has 1 aliphatic rings. The van der Waals surface area contributed by atoms with Gasteiger partial charge in [0.05, 0.1) is 7.11 Å². The van der Waals surface area contributed by atoms with Gasteiger partial charge in [-0.25, -0.2) is 0 Å². The van der Waals surface area contributed by atoms with Crippen molar-refractivity contribution in [2.24, 2.45) is 5.92 Å². The molecule has 0 aromatic heterocycles. The number of methoxy groups -OCH3 is 1. The van der Waals surface area contributed by atoms with Crippen LogP contribution in [0.25, 0.3) is 0 Å². The molecule has 1 heterocycles. The lowest BCUT2D eigenvalue weighted by atomic mass is 10.0. The lowest BCUT2D eigenvalue weighted by Gasteiger charge is -2.29. The average Bonchev–Trinajstić information content (AvgIpc) is 2.92. The van der Waals surface area contributed by atoms with Crippen molar-refractivity contribution in [3.05, 3.63) is 29.8 Å². The summed E-state index contributed by atoms with van der Waals surface area (Å²) in [5, 5.41) is 3.30. The number of ether oxygens (including phenoxy) is 1. The van der Waals surface area contributed by atoms with Crippen LogP contribution >= 0.6 is 0 Å². The van der Waals surface area contributed by atoms with Crippen LogP contribution in [0.1, 0.15) is 18.0 Å². The van der Waals surface area contributed by atoms with Crippen LogP contribution in [-0.2, 0) is 0 Å². The number of likely N-dealkylation sites (N-methyl/N-ethyl adjacent to an activating group) is 1. The SMILES string of the molecule is CNCC1CCN(CC(c2cccc(OC)c2)N(C)C)C1. The van der Waals surface area contributed by atoms with E-state index in [9.17, 15) is 0 Å². The minimum absolute atomic E-state index is 0.411. The summed E-state index contributed by atoms with van der Waals surface area (Å²) >= 11 is 0. The smallest absolute Gasteiger partial charge is 0.119 e. The Morgan fingerprint density at radius 2 is 2.24 bits per heavy atom. The van der Waals surface area contributed by atoms with E-state index in [1.165, 1.54) is 25.1 Å². The molecule has 21 heavy (non-hydrogen) atoms. The topological polar surface area (TPSA) is 27.7 Å². The van der Waals surface area contributed by atoms with E-state index in [1.807, 2.05) is 13.1 Å². The van der Waals surface area contributed by atoms with Crippen LogP contribution in [0.2, 0.25) is 0 Å². The molecule has 0 radical (unpaired) electrons. The minimum Gasteiger partial charge on any atom is -0.497 e. The third-order valence-electron chi connectivity index (χ3n) is 4.40. The van der Waals surface area contributed by atoms with Crippen molar-refractivity contribution < 1.29 is 4.74 Å².